The second kappa shape index (κ2) is 3.31. The van der Waals surface area contributed by atoms with E-state index in [0.717, 1.165) is 25.5 Å². The zero-order chi connectivity index (χ0) is 12.0. The van der Waals surface area contributed by atoms with E-state index in [4.69, 9.17) is 0 Å². The molecule has 4 nitrogen and oxygen atoms in total. The Balaban J connectivity index is 2.76. The Morgan fingerprint density at radius 3 is 2.94 bits per heavy atom. The molecule has 0 N–H and O–H groups in total. The molecule has 0 aliphatic heterocycles. The average molecular weight is 226 g/mol. The van der Waals surface area contributed by atoms with E-state index >= 15 is 0 Å². The molecule has 2 heterocycles. The maximum Gasteiger partial charge on any atom is 0.293 e. The van der Waals surface area contributed by atoms with Crippen LogP contribution in [0.3, 0.4) is 0 Å². The molecule has 0 unspecified atom stereocenters. The minimum absolute atomic E-state index is 0.420. The molecular weight excluding hydrogens is 216 g/mol. The number of hydrogen-bond acceptors (Lipinski definition) is 2. The monoisotopic (exact) mass is 226 g/mol. The van der Waals surface area contributed by atoms with Gasteiger partial charge in [-0.25, -0.2) is 0 Å². The van der Waals surface area contributed by atoms with E-state index in [1.165, 1.54) is 12.4 Å². The Bertz CT molecular complexity index is 790. The van der Waals surface area contributed by atoms with Crippen LogP contribution in [0.2, 0.25) is 0 Å². The van der Waals surface area contributed by atoms with Crippen LogP contribution in [0.15, 0.2) is 42.7 Å². The zero-order valence-electron chi connectivity index (χ0n) is 9.25. The van der Waals surface area contributed by atoms with E-state index in [1.807, 2.05) is 25.1 Å². The molecule has 2 aromatic heterocycles. The van der Waals surface area contributed by atoms with Gasteiger partial charge < -0.3 is 9.94 Å². The van der Waals surface area contributed by atoms with Crippen molar-refractivity contribution in [3.8, 4) is 0 Å². The Morgan fingerprint density at radius 2 is 2.12 bits per heavy atom. The highest BCUT2D eigenvalue weighted by molar-refractivity contribution is 6.03. The Labute approximate surface area is 96.9 Å². The standard InChI is InChI=1S/C13H10N2O2/c1-9-8-10-4-2-6-14(16)12(10)13-11(9)5-3-7-15(13)17/h2-8H,1H3. The van der Waals surface area contributed by atoms with Crippen LogP contribution in [0.4, 0.5) is 0 Å². The average Bonchev–Trinajstić information content (AvgIpc) is 2.30. The lowest BCUT2D eigenvalue weighted by atomic mass is 10.1. The van der Waals surface area contributed by atoms with Gasteiger partial charge >= 0.3 is 0 Å². The van der Waals surface area contributed by atoms with E-state index in [2.05, 4.69) is 0 Å². The Morgan fingerprint density at radius 1 is 1.29 bits per heavy atom. The molecule has 0 radical (unpaired) electrons. The molecule has 0 saturated carbocycles. The fraction of sp³-hybridized carbons (Fsp3) is 0.0769. The number of aryl methyl sites for hydroxylation is 1. The summed E-state index contributed by atoms with van der Waals surface area (Å²) in [7, 11) is 0. The quantitative estimate of drug-likeness (QED) is 0.436. The van der Waals surface area contributed by atoms with Crippen molar-refractivity contribution in [1.82, 2.24) is 4.73 Å². The van der Waals surface area contributed by atoms with E-state index < -0.39 is 0 Å². The fourth-order valence-electron chi connectivity index (χ4n) is 2.21. The molecule has 0 amide bonds. The van der Waals surface area contributed by atoms with Crippen LogP contribution in [0.5, 0.6) is 0 Å². The van der Waals surface area contributed by atoms with Crippen molar-refractivity contribution >= 4 is 21.8 Å². The number of benzene rings is 1. The van der Waals surface area contributed by atoms with Gasteiger partial charge in [-0.05, 0) is 36.9 Å². The first-order valence-corrected chi connectivity index (χ1v) is 5.32. The highest BCUT2D eigenvalue weighted by Crippen LogP contribution is 2.25. The maximum absolute atomic E-state index is 11.9. The van der Waals surface area contributed by atoms with Crippen LogP contribution in [0, 0.1) is 17.0 Å². The summed E-state index contributed by atoms with van der Waals surface area (Å²) >= 11 is 0. The summed E-state index contributed by atoms with van der Waals surface area (Å²) < 4.78 is 1.49. The van der Waals surface area contributed by atoms with Crippen molar-refractivity contribution in [3.63, 3.8) is 0 Å². The summed E-state index contributed by atoms with van der Waals surface area (Å²) in [5.41, 5.74) is 1.84. The van der Waals surface area contributed by atoms with E-state index in [0.29, 0.717) is 11.0 Å². The molecule has 3 aromatic rings. The second-order valence-corrected chi connectivity index (χ2v) is 4.06. The number of hydrogen-bond donors (Lipinski definition) is 0. The van der Waals surface area contributed by atoms with Gasteiger partial charge in [0.15, 0.2) is 0 Å². The smallest absolute Gasteiger partial charge is 0.293 e. The summed E-state index contributed by atoms with van der Waals surface area (Å²) in [6.07, 6.45) is 2.82. The molecule has 3 rings (SSSR count). The molecule has 0 saturated heterocycles. The van der Waals surface area contributed by atoms with Gasteiger partial charge in [0.05, 0.1) is 9.81 Å². The summed E-state index contributed by atoms with van der Waals surface area (Å²) in [5, 5.41) is 13.5. The van der Waals surface area contributed by atoms with Crippen molar-refractivity contribution in [1.29, 1.82) is 0 Å². The SMILES string of the molecule is Cc1cc2ccc[n+](=O)c2c2c1cccn2[O-]. The predicted molar refractivity (Wildman–Crippen MR) is 66.3 cm³/mol. The topological polar surface area (TPSA) is 51.0 Å². The van der Waals surface area contributed by atoms with E-state index in [-0.39, 0.29) is 0 Å². The number of fused-ring (bicyclic) bond motifs is 3. The fourth-order valence-corrected chi connectivity index (χ4v) is 2.21. The van der Waals surface area contributed by atoms with Gasteiger partial charge in [-0.15, -0.1) is 0 Å². The molecule has 0 spiro atoms. The van der Waals surface area contributed by atoms with Crippen LogP contribution in [-0.2, 0) is 0 Å². The highest BCUT2D eigenvalue weighted by Gasteiger charge is 2.13. The van der Waals surface area contributed by atoms with Crippen LogP contribution in [0.25, 0.3) is 21.8 Å². The molecule has 17 heavy (non-hydrogen) atoms. The summed E-state index contributed by atoms with van der Waals surface area (Å²) in [5.74, 6) is 0. The van der Waals surface area contributed by atoms with Crippen LogP contribution in [-0.4, -0.2) is 4.73 Å². The van der Waals surface area contributed by atoms with Crippen molar-refractivity contribution in [3.05, 3.63) is 58.4 Å². The van der Waals surface area contributed by atoms with Gasteiger partial charge in [0.1, 0.15) is 5.52 Å². The molecule has 84 valence electrons. The lowest BCUT2D eigenvalue weighted by Crippen LogP contribution is -2.15. The van der Waals surface area contributed by atoms with Crippen LogP contribution >= 0.6 is 0 Å². The lowest BCUT2D eigenvalue weighted by Gasteiger charge is -2.14. The minimum Gasteiger partial charge on any atom is -0.805 e. The summed E-state index contributed by atoms with van der Waals surface area (Å²) in [6, 6.07) is 8.98. The molecule has 0 fully saturated rings. The molecule has 4 heteroatoms. The van der Waals surface area contributed by atoms with Crippen molar-refractivity contribution in [2.24, 2.45) is 0 Å². The Kier molecular flexibility index (Phi) is 1.92. The van der Waals surface area contributed by atoms with Crippen molar-refractivity contribution < 1.29 is 4.43 Å². The van der Waals surface area contributed by atoms with Gasteiger partial charge in [0.25, 0.3) is 5.52 Å². The van der Waals surface area contributed by atoms with Crippen LogP contribution in [0.1, 0.15) is 5.56 Å². The third-order valence-electron chi connectivity index (χ3n) is 2.97. The number of pyridine rings is 2. The van der Waals surface area contributed by atoms with Gasteiger partial charge in [0.2, 0.25) is 6.20 Å². The number of rotatable bonds is 0. The summed E-state index contributed by atoms with van der Waals surface area (Å²) in [6.45, 7) is 1.93. The molecule has 1 aromatic carbocycles. The third-order valence-corrected chi connectivity index (χ3v) is 2.97. The first-order valence-electron chi connectivity index (χ1n) is 5.32. The number of nitrogens with zero attached hydrogens (tertiary/aromatic N) is 2. The van der Waals surface area contributed by atoms with Gasteiger partial charge in [-0.1, -0.05) is 6.07 Å². The Hall–Kier alpha value is -2.36. The lowest BCUT2D eigenvalue weighted by molar-refractivity contribution is -0.463. The normalized spacial score (nSPS) is 11.1. The predicted octanol–water partition coefficient (Wildman–Crippen LogP) is 2.36. The van der Waals surface area contributed by atoms with Gasteiger partial charge in [0, 0.05) is 16.4 Å². The zero-order valence-corrected chi connectivity index (χ0v) is 9.25. The third kappa shape index (κ3) is 1.30. The van der Waals surface area contributed by atoms with Crippen molar-refractivity contribution in [2.45, 2.75) is 6.92 Å². The second-order valence-electron chi connectivity index (χ2n) is 4.06. The molecule has 0 atom stereocenters. The largest absolute Gasteiger partial charge is 0.805 e. The molecule has 0 aliphatic carbocycles. The first-order chi connectivity index (χ1) is 8.18. The van der Waals surface area contributed by atoms with Crippen LogP contribution < -0.4 is 4.43 Å². The van der Waals surface area contributed by atoms with E-state index in [1.54, 1.807) is 12.1 Å². The maximum atomic E-state index is 11.9. The van der Waals surface area contributed by atoms with Gasteiger partial charge in [-0.2, -0.15) is 0 Å². The number of aromatic nitrogens is 2. The minimum atomic E-state index is 0.420. The van der Waals surface area contributed by atoms with Gasteiger partial charge in [-0.3, -0.25) is 0 Å². The summed E-state index contributed by atoms with van der Waals surface area (Å²) in [4.78, 5) is 11.8. The molecule has 0 bridgehead atoms. The van der Waals surface area contributed by atoms with Crippen molar-refractivity contribution in [2.75, 3.05) is 0 Å². The highest BCUT2D eigenvalue weighted by atomic mass is 16.5. The van der Waals surface area contributed by atoms with E-state index in [9.17, 15) is 10.1 Å². The molecule has 0 aliphatic rings. The molecular formula is C13H10N2O2. The first kappa shape index (κ1) is 9.84.